The Morgan fingerprint density at radius 1 is 1.22 bits per heavy atom. The van der Waals surface area contributed by atoms with E-state index in [1.165, 1.54) is 17.2 Å². The van der Waals surface area contributed by atoms with Crippen molar-refractivity contribution in [2.24, 2.45) is 4.99 Å². The van der Waals surface area contributed by atoms with Crippen LogP contribution in [0.2, 0.25) is 0 Å². The Labute approximate surface area is 205 Å². The molecule has 4 rings (SSSR count). The quantitative estimate of drug-likeness (QED) is 0.250. The number of anilines is 1. The normalized spacial score (nSPS) is 17.7. The average molecular weight is 552 g/mol. The lowest BCUT2D eigenvalue weighted by Crippen LogP contribution is -2.45. The Morgan fingerprint density at radius 2 is 1.97 bits per heavy atom. The molecule has 2 N–H and O–H groups in total. The van der Waals surface area contributed by atoms with Crippen molar-refractivity contribution in [1.29, 1.82) is 0 Å². The molecule has 0 bridgehead atoms. The summed E-state index contributed by atoms with van der Waals surface area (Å²) >= 11 is 0. The Balaban J connectivity index is 0.00000289. The molecule has 0 saturated carbocycles. The van der Waals surface area contributed by atoms with Gasteiger partial charge in [0.2, 0.25) is 5.91 Å². The highest BCUT2D eigenvalue weighted by atomic mass is 127. The summed E-state index contributed by atoms with van der Waals surface area (Å²) in [5, 5.41) is 6.68. The number of aromatic nitrogens is 1. The van der Waals surface area contributed by atoms with Gasteiger partial charge in [0.15, 0.2) is 17.6 Å². The number of benzene rings is 1. The summed E-state index contributed by atoms with van der Waals surface area (Å²) in [4.78, 5) is 24.8. The Kier molecular flexibility index (Phi) is 8.66. The van der Waals surface area contributed by atoms with E-state index in [1.54, 1.807) is 19.3 Å². The van der Waals surface area contributed by atoms with Crippen LogP contribution in [0.4, 0.5) is 10.2 Å². The zero-order valence-corrected chi connectivity index (χ0v) is 20.6. The second-order valence-corrected chi connectivity index (χ2v) is 8.01. The van der Waals surface area contributed by atoms with Crippen molar-refractivity contribution in [2.45, 2.75) is 38.4 Å². The Bertz CT molecular complexity index is 931. The Morgan fingerprint density at radius 3 is 2.66 bits per heavy atom. The molecular weight excluding hydrogens is 522 g/mol. The van der Waals surface area contributed by atoms with Gasteiger partial charge in [0, 0.05) is 58.4 Å². The number of amides is 1. The summed E-state index contributed by atoms with van der Waals surface area (Å²) < 4.78 is 14.0. The van der Waals surface area contributed by atoms with Gasteiger partial charge in [-0.1, -0.05) is 24.3 Å². The van der Waals surface area contributed by atoms with Crippen molar-refractivity contribution in [1.82, 2.24) is 20.5 Å². The van der Waals surface area contributed by atoms with Crippen LogP contribution in [0, 0.1) is 5.82 Å². The van der Waals surface area contributed by atoms with E-state index in [-0.39, 0.29) is 41.7 Å². The molecule has 3 heterocycles. The number of carbonyl (C=O) groups excluding carboxylic acids is 1. The third-order valence-corrected chi connectivity index (χ3v) is 5.84. The third kappa shape index (κ3) is 5.87. The van der Waals surface area contributed by atoms with Crippen molar-refractivity contribution < 1.29 is 9.18 Å². The number of hydrogen-bond acceptors (Lipinski definition) is 4. The summed E-state index contributed by atoms with van der Waals surface area (Å²) in [6.45, 7) is 3.50. The molecule has 0 aliphatic carbocycles. The Hall–Kier alpha value is -2.43. The number of rotatable bonds is 6. The van der Waals surface area contributed by atoms with Gasteiger partial charge in [0.25, 0.3) is 0 Å². The molecule has 2 aliphatic rings. The summed E-state index contributed by atoms with van der Waals surface area (Å²) in [6.07, 6.45) is 3.74. The SMILES string of the molecule is CN=C(NCCCC(=O)N1Cc2ccccc2C1)NC1CCN(c2ncccc2F)C1.I. The number of pyridine rings is 1. The van der Waals surface area contributed by atoms with Crippen molar-refractivity contribution in [3.8, 4) is 0 Å². The summed E-state index contributed by atoms with van der Waals surface area (Å²) in [5.41, 5.74) is 2.49. The van der Waals surface area contributed by atoms with E-state index < -0.39 is 0 Å². The maximum atomic E-state index is 14.0. The molecule has 1 unspecified atom stereocenters. The maximum absolute atomic E-state index is 14.0. The van der Waals surface area contributed by atoms with Crippen molar-refractivity contribution in [3.63, 3.8) is 0 Å². The first-order valence-corrected chi connectivity index (χ1v) is 10.8. The maximum Gasteiger partial charge on any atom is 0.223 e. The summed E-state index contributed by atoms with van der Waals surface area (Å²) in [5.74, 6) is 0.993. The molecule has 0 radical (unpaired) electrons. The van der Waals surface area contributed by atoms with Gasteiger partial charge in [-0.15, -0.1) is 24.0 Å². The largest absolute Gasteiger partial charge is 0.356 e. The lowest BCUT2D eigenvalue weighted by molar-refractivity contribution is -0.131. The fourth-order valence-electron chi connectivity index (χ4n) is 4.18. The molecule has 1 atom stereocenters. The first kappa shape index (κ1) is 24.2. The number of aliphatic imine (C=N–C) groups is 1. The highest BCUT2D eigenvalue weighted by molar-refractivity contribution is 14.0. The number of fused-ring (bicyclic) bond motifs is 1. The molecular formula is C23H30FIN6O. The minimum atomic E-state index is -0.295. The molecule has 1 aromatic heterocycles. The van der Waals surface area contributed by atoms with Crippen LogP contribution >= 0.6 is 24.0 Å². The zero-order chi connectivity index (χ0) is 21.6. The fraction of sp³-hybridized carbons (Fsp3) is 0.435. The van der Waals surface area contributed by atoms with Crippen LogP contribution in [0.3, 0.4) is 0 Å². The molecule has 1 amide bonds. The molecule has 172 valence electrons. The third-order valence-electron chi connectivity index (χ3n) is 5.84. The standard InChI is InChI=1S/C23H29FN6O.HI/c1-25-23(28-19-10-13-29(16-19)22-20(24)8-4-11-26-22)27-12-5-9-21(31)30-14-17-6-2-3-7-18(17)15-30;/h2-4,6-8,11,19H,5,9-10,12-16H2,1H3,(H2,25,27,28);1H. The van der Waals surface area contributed by atoms with Crippen LogP contribution < -0.4 is 15.5 Å². The molecule has 32 heavy (non-hydrogen) atoms. The lowest BCUT2D eigenvalue weighted by atomic mass is 10.1. The van der Waals surface area contributed by atoms with Crippen LogP contribution in [0.1, 0.15) is 30.4 Å². The first-order chi connectivity index (χ1) is 15.1. The smallest absolute Gasteiger partial charge is 0.223 e. The van der Waals surface area contributed by atoms with Gasteiger partial charge in [0.1, 0.15) is 0 Å². The van der Waals surface area contributed by atoms with Gasteiger partial charge in [-0.3, -0.25) is 9.79 Å². The lowest BCUT2D eigenvalue weighted by Gasteiger charge is -2.20. The zero-order valence-electron chi connectivity index (χ0n) is 18.3. The number of guanidine groups is 1. The van der Waals surface area contributed by atoms with Crippen molar-refractivity contribution >= 4 is 41.7 Å². The van der Waals surface area contributed by atoms with Gasteiger partial charge < -0.3 is 20.4 Å². The monoisotopic (exact) mass is 552 g/mol. The molecule has 1 fully saturated rings. The molecule has 9 heteroatoms. The average Bonchev–Trinajstić information content (AvgIpc) is 3.43. The van der Waals surface area contributed by atoms with Crippen molar-refractivity contribution in [2.75, 3.05) is 31.6 Å². The van der Waals surface area contributed by atoms with E-state index >= 15 is 0 Å². The second kappa shape index (κ2) is 11.4. The number of hydrogen-bond donors (Lipinski definition) is 2. The highest BCUT2D eigenvalue weighted by Crippen LogP contribution is 2.23. The summed E-state index contributed by atoms with van der Waals surface area (Å²) in [6, 6.07) is 11.4. The first-order valence-electron chi connectivity index (χ1n) is 10.8. The summed E-state index contributed by atoms with van der Waals surface area (Å²) in [7, 11) is 1.73. The molecule has 2 aromatic rings. The van der Waals surface area contributed by atoms with Crippen molar-refractivity contribution in [3.05, 3.63) is 59.5 Å². The number of halogens is 2. The van der Waals surface area contributed by atoms with Gasteiger partial charge >= 0.3 is 0 Å². The van der Waals surface area contributed by atoms with E-state index in [4.69, 9.17) is 0 Å². The van der Waals surface area contributed by atoms with Crippen LogP contribution in [0.5, 0.6) is 0 Å². The van der Waals surface area contributed by atoms with E-state index in [0.717, 1.165) is 19.4 Å². The second-order valence-electron chi connectivity index (χ2n) is 8.01. The van der Waals surface area contributed by atoms with Gasteiger partial charge in [-0.05, 0) is 36.1 Å². The van der Waals surface area contributed by atoms with E-state index in [2.05, 4.69) is 32.7 Å². The molecule has 0 spiro atoms. The van der Waals surface area contributed by atoms with Gasteiger partial charge in [-0.25, -0.2) is 9.37 Å². The van der Waals surface area contributed by atoms with Crippen LogP contribution in [0.25, 0.3) is 0 Å². The number of carbonyl (C=O) groups is 1. The predicted octanol–water partition coefficient (Wildman–Crippen LogP) is 2.91. The topological polar surface area (TPSA) is 72.9 Å². The van der Waals surface area contributed by atoms with Crippen LogP contribution in [-0.2, 0) is 17.9 Å². The predicted molar refractivity (Wildman–Crippen MR) is 135 cm³/mol. The number of nitrogens with zero attached hydrogens (tertiary/aromatic N) is 4. The van der Waals surface area contributed by atoms with E-state index in [1.807, 2.05) is 21.9 Å². The van der Waals surface area contributed by atoms with Gasteiger partial charge in [-0.2, -0.15) is 0 Å². The highest BCUT2D eigenvalue weighted by Gasteiger charge is 2.26. The molecule has 1 aromatic carbocycles. The minimum Gasteiger partial charge on any atom is -0.356 e. The van der Waals surface area contributed by atoms with E-state index in [0.29, 0.717) is 44.4 Å². The van der Waals surface area contributed by atoms with Gasteiger partial charge in [0.05, 0.1) is 0 Å². The number of nitrogens with one attached hydrogen (secondary N) is 2. The van der Waals surface area contributed by atoms with Crippen LogP contribution in [0.15, 0.2) is 47.6 Å². The minimum absolute atomic E-state index is 0. The molecule has 7 nitrogen and oxygen atoms in total. The van der Waals surface area contributed by atoms with Crippen LogP contribution in [-0.4, -0.2) is 54.5 Å². The van der Waals surface area contributed by atoms with E-state index in [9.17, 15) is 9.18 Å². The molecule has 2 aliphatic heterocycles. The fourth-order valence-corrected chi connectivity index (χ4v) is 4.18. The molecule has 1 saturated heterocycles.